The van der Waals surface area contributed by atoms with Gasteiger partial charge in [0.05, 0.1) is 17.1 Å². The number of hydrogen-bond donors (Lipinski definition) is 1. The normalized spacial score (nSPS) is 16.2. The molecule has 0 unspecified atom stereocenters. The maximum Gasteiger partial charge on any atom is 0.242 e. The number of imidazole rings is 1. The Morgan fingerprint density at radius 1 is 1.21 bits per heavy atom. The summed E-state index contributed by atoms with van der Waals surface area (Å²) in [7, 11) is -3.85. The van der Waals surface area contributed by atoms with Crippen LogP contribution in [0, 0.1) is 6.92 Å². The summed E-state index contributed by atoms with van der Waals surface area (Å²) in [6.07, 6.45) is 5.77. The lowest BCUT2D eigenvalue weighted by Crippen LogP contribution is -2.50. The van der Waals surface area contributed by atoms with Crippen molar-refractivity contribution in [3.05, 3.63) is 65.1 Å². The van der Waals surface area contributed by atoms with Crippen LogP contribution in [-0.2, 0) is 21.2 Å². The van der Waals surface area contributed by atoms with E-state index in [2.05, 4.69) is 10.3 Å². The van der Waals surface area contributed by atoms with Crippen LogP contribution in [0.5, 0.6) is 0 Å². The Kier molecular flexibility index (Phi) is 5.12. The molecular weight excluding hydrogens is 410 g/mol. The third kappa shape index (κ3) is 3.42. The Morgan fingerprint density at radius 3 is 2.55 bits per heavy atom. The van der Waals surface area contributed by atoms with Crippen molar-refractivity contribution < 1.29 is 13.2 Å². The number of pyridine rings is 1. The predicted molar refractivity (Wildman–Crippen MR) is 112 cm³/mol. The highest BCUT2D eigenvalue weighted by Gasteiger charge is 2.52. The standard InChI is InChI=1S/C21H22ClN3O3S/c1-15-5-4-12-25-14-17(24-19(15)25)13-23-20(26)21(10-2-3-11-21)29(27,28)18-8-6-16(22)7-9-18/h4-9,12,14H,2-3,10-11,13H2,1H3,(H,23,26). The van der Waals surface area contributed by atoms with E-state index in [0.717, 1.165) is 11.2 Å². The molecule has 1 N–H and O–H groups in total. The number of carbonyl (C=O) groups excluding carboxylic acids is 1. The van der Waals surface area contributed by atoms with Gasteiger partial charge in [-0.25, -0.2) is 13.4 Å². The van der Waals surface area contributed by atoms with Crippen LogP contribution in [-0.4, -0.2) is 28.5 Å². The summed E-state index contributed by atoms with van der Waals surface area (Å²) in [4.78, 5) is 17.8. The van der Waals surface area contributed by atoms with Crippen LogP contribution < -0.4 is 5.32 Å². The zero-order valence-corrected chi connectivity index (χ0v) is 17.6. The summed E-state index contributed by atoms with van der Waals surface area (Å²) in [5, 5.41) is 3.28. The smallest absolute Gasteiger partial charge is 0.242 e. The van der Waals surface area contributed by atoms with E-state index in [4.69, 9.17) is 11.6 Å². The molecular formula is C21H22ClN3O3S. The van der Waals surface area contributed by atoms with Crippen molar-refractivity contribution in [1.29, 1.82) is 0 Å². The summed E-state index contributed by atoms with van der Waals surface area (Å²) in [5.74, 6) is -0.460. The summed E-state index contributed by atoms with van der Waals surface area (Å²) in [6, 6.07) is 9.91. The summed E-state index contributed by atoms with van der Waals surface area (Å²) >= 11 is 5.90. The van der Waals surface area contributed by atoms with Gasteiger partial charge in [0.2, 0.25) is 5.91 Å². The van der Waals surface area contributed by atoms with E-state index in [-0.39, 0.29) is 11.4 Å². The lowest BCUT2D eigenvalue weighted by molar-refractivity contribution is -0.123. The van der Waals surface area contributed by atoms with Crippen LogP contribution in [0.25, 0.3) is 5.65 Å². The minimum absolute atomic E-state index is 0.127. The number of aryl methyl sites for hydroxylation is 1. The van der Waals surface area contributed by atoms with Gasteiger partial charge in [0.1, 0.15) is 5.65 Å². The summed E-state index contributed by atoms with van der Waals surface area (Å²) in [6.45, 7) is 2.15. The molecule has 1 aliphatic rings. The molecule has 0 saturated heterocycles. The summed E-state index contributed by atoms with van der Waals surface area (Å²) < 4.78 is 27.2. The molecule has 0 radical (unpaired) electrons. The largest absolute Gasteiger partial charge is 0.349 e. The lowest BCUT2D eigenvalue weighted by atomic mass is 10.1. The van der Waals surface area contributed by atoms with Crippen LogP contribution in [0.4, 0.5) is 0 Å². The highest BCUT2D eigenvalue weighted by Crippen LogP contribution is 2.41. The van der Waals surface area contributed by atoms with E-state index in [9.17, 15) is 13.2 Å². The predicted octanol–water partition coefficient (Wildman–Crippen LogP) is 3.70. The van der Waals surface area contributed by atoms with Crippen LogP contribution >= 0.6 is 11.6 Å². The van der Waals surface area contributed by atoms with Gasteiger partial charge in [-0.1, -0.05) is 30.5 Å². The molecule has 2 heterocycles. The molecule has 1 amide bonds. The number of rotatable bonds is 5. The van der Waals surface area contributed by atoms with Crippen molar-refractivity contribution in [3.63, 3.8) is 0 Å². The SMILES string of the molecule is Cc1cccn2cc(CNC(=O)C3(S(=O)(=O)c4ccc(Cl)cc4)CCCC3)nc12. The average Bonchev–Trinajstić information content (AvgIpc) is 3.35. The molecule has 0 atom stereocenters. The minimum Gasteiger partial charge on any atom is -0.349 e. The number of hydrogen-bond acceptors (Lipinski definition) is 4. The molecule has 8 heteroatoms. The molecule has 0 spiro atoms. The number of amides is 1. The van der Waals surface area contributed by atoms with Crippen LogP contribution in [0.3, 0.4) is 0 Å². The zero-order valence-electron chi connectivity index (χ0n) is 16.1. The second kappa shape index (κ2) is 7.46. The van der Waals surface area contributed by atoms with E-state index in [1.165, 1.54) is 24.3 Å². The van der Waals surface area contributed by atoms with Gasteiger partial charge in [-0.15, -0.1) is 0 Å². The van der Waals surface area contributed by atoms with E-state index in [1.54, 1.807) is 0 Å². The fraction of sp³-hybridized carbons (Fsp3) is 0.333. The molecule has 1 saturated carbocycles. The van der Waals surface area contributed by atoms with E-state index in [1.807, 2.05) is 35.9 Å². The Bertz CT molecular complexity index is 1160. The topological polar surface area (TPSA) is 80.5 Å². The molecule has 4 rings (SSSR count). The van der Waals surface area contributed by atoms with Gasteiger partial charge in [-0.3, -0.25) is 4.79 Å². The van der Waals surface area contributed by atoms with E-state index >= 15 is 0 Å². The van der Waals surface area contributed by atoms with Gasteiger partial charge in [0.15, 0.2) is 14.6 Å². The second-order valence-electron chi connectivity index (χ2n) is 7.50. The highest BCUT2D eigenvalue weighted by atomic mass is 35.5. The van der Waals surface area contributed by atoms with Crippen LogP contribution in [0.15, 0.2) is 53.7 Å². The van der Waals surface area contributed by atoms with E-state index < -0.39 is 20.5 Å². The quantitative estimate of drug-likeness (QED) is 0.667. The fourth-order valence-corrected chi connectivity index (χ4v) is 6.24. The third-order valence-corrected chi connectivity index (χ3v) is 8.39. The van der Waals surface area contributed by atoms with Crippen molar-refractivity contribution >= 4 is 33.0 Å². The minimum atomic E-state index is -3.85. The van der Waals surface area contributed by atoms with Crippen LogP contribution in [0.1, 0.15) is 36.9 Å². The number of aromatic nitrogens is 2. The maximum atomic E-state index is 13.4. The Morgan fingerprint density at radius 2 is 1.90 bits per heavy atom. The molecule has 0 aliphatic heterocycles. The Labute approximate surface area is 174 Å². The average molecular weight is 432 g/mol. The molecule has 3 aromatic rings. The van der Waals surface area contributed by atoms with Gasteiger partial charge < -0.3 is 9.72 Å². The van der Waals surface area contributed by atoms with Crippen molar-refractivity contribution in [1.82, 2.24) is 14.7 Å². The Balaban J connectivity index is 1.60. The number of halogens is 1. The van der Waals surface area contributed by atoms with Crippen LogP contribution in [0.2, 0.25) is 5.02 Å². The molecule has 0 bridgehead atoms. The van der Waals surface area contributed by atoms with Gasteiger partial charge >= 0.3 is 0 Å². The lowest BCUT2D eigenvalue weighted by Gasteiger charge is -2.27. The number of sulfone groups is 1. The van der Waals surface area contributed by atoms with Crippen molar-refractivity contribution in [2.24, 2.45) is 0 Å². The first-order valence-corrected chi connectivity index (χ1v) is 11.4. The number of nitrogens with zero attached hydrogens (tertiary/aromatic N) is 2. The molecule has 1 aliphatic carbocycles. The van der Waals surface area contributed by atoms with Crippen molar-refractivity contribution in [3.8, 4) is 0 Å². The fourth-order valence-electron chi connectivity index (χ4n) is 4.02. The Hall–Kier alpha value is -2.38. The zero-order chi connectivity index (χ0) is 20.6. The maximum absolute atomic E-state index is 13.4. The van der Waals surface area contributed by atoms with Crippen molar-refractivity contribution in [2.45, 2.75) is 48.8 Å². The first-order valence-electron chi connectivity index (χ1n) is 9.55. The molecule has 1 aromatic carbocycles. The molecule has 2 aromatic heterocycles. The summed E-state index contributed by atoms with van der Waals surface area (Å²) in [5.41, 5.74) is 2.54. The second-order valence-corrected chi connectivity index (χ2v) is 10.2. The molecule has 152 valence electrons. The van der Waals surface area contributed by atoms with Crippen molar-refractivity contribution in [2.75, 3.05) is 0 Å². The number of fused-ring (bicyclic) bond motifs is 1. The highest BCUT2D eigenvalue weighted by molar-refractivity contribution is 7.93. The molecule has 1 fully saturated rings. The first kappa shape index (κ1) is 19.9. The monoisotopic (exact) mass is 431 g/mol. The number of carbonyl (C=O) groups is 1. The number of nitrogens with one attached hydrogen (secondary N) is 1. The molecule has 6 nitrogen and oxygen atoms in total. The van der Waals surface area contributed by atoms with Gasteiger partial charge in [-0.2, -0.15) is 0 Å². The first-order chi connectivity index (χ1) is 13.8. The third-order valence-electron chi connectivity index (χ3n) is 5.62. The van der Waals surface area contributed by atoms with E-state index in [0.29, 0.717) is 36.4 Å². The van der Waals surface area contributed by atoms with Gasteiger partial charge in [-0.05, 0) is 55.7 Å². The van der Waals surface area contributed by atoms with Gasteiger partial charge in [0, 0.05) is 17.4 Å². The van der Waals surface area contributed by atoms with Gasteiger partial charge in [0.25, 0.3) is 0 Å². The molecule has 29 heavy (non-hydrogen) atoms. The number of benzene rings is 1.